The van der Waals surface area contributed by atoms with E-state index in [4.69, 9.17) is 11.0 Å². The first-order valence-corrected chi connectivity index (χ1v) is 5.31. The van der Waals surface area contributed by atoms with Crippen LogP contribution in [-0.2, 0) is 0 Å². The van der Waals surface area contributed by atoms with Crippen molar-refractivity contribution in [3.8, 4) is 6.07 Å². The van der Waals surface area contributed by atoms with Crippen LogP contribution in [0.1, 0.15) is 25.8 Å². The van der Waals surface area contributed by atoms with E-state index in [1.807, 2.05) is 6.07 Å². The van der Waals surface area contributed by atoms with Crippen LogP contribution in [0, 0.1) is 17.2 Å². The van der Waals surface area contributed by atoms with Crippen LogP contribution in [-0.4, -0.2) is 10.9 Å². The molecule has 0 atom stereocenters. The lowest BCUT2D eigenvalue weighted by Crippen LogP contribution is -2.04. The highest BCUT2D eigenvalue weighted by Gasteiger charge is 2.09. The van der Waals surface area contributed by atoms with Crippen molar-refractivity contribution in [3.05, 3.63) is 5.56 Å². The van der Waals surface area contributed by atoms with Crippen LogP contribution in [0.15, 0.2) is 0 Å². The summed E-state index contributed by atoms with van der Waals surface area (Å²) < 4.78 is 3.92. The van der Waals surface area contributed by atoms with Gasteiger partial charge in [-0.3, -0.25) is 0 Å². The summed E-state index contributed by atoms with van der Waals surface area (Å²) in [5, 5.41) is 12.7. The number of nitriles is 1. The third-order valence-electron chi connectivity index (χ3n) is 1.84. The lowest BCUT2D eigenvalue weighted by atomic mass is 10.1. The third kappa shape index (κ3) is 2.60. The lowest BCUT2D eigenvalue weighted by molar-refractivity contribution is 0.607. The minimum Gasteiger partial charge on any atom is -0.382 e. The van der Waals surface area contributed by atoms with Gasteiger partial charge in [0.05, 0.1) is 0 Å². The zero-order valence-electron chi connectivity index (χ0n) is 8.37. The molecule has 0 saturated heterocycles. The molecule has 0 fully saturated rings. The first-order chi connectivity index (χ1) is 6.65. The van der Waals surface area contributed by atoms with Gasteiger partial charge >= 0.3 is 0 Å². The fourth-order valence-electron chi connectivity index (χ4n) is 1.01. The maximum Gasteiger partial charge on any atom is 0.157 e. The third-order valence-corrected chi connectivity index (χ3v) is 2.66. The quantitative estimate of drug-likeness (QED) is 0.797. The second kappa shape index (κ2) is 4.82. The van der Waals surface area contributed by atoms with E-state index in [2.05, 4.69) is 23.5 Å². The molecule has 3 N–H and O–H groups in total. The van der Waals surface area contributed by atoms with Gasteiger partial charge in [-0.05, 0) is 23.9 Å². The SMILES string of the molecule is CC(C)CCNc1snc(N)c1C#N. The fourth-order valence-corrected chi connectivity index (χ4v) is 1.69. The van der Waals surface area contributed by atoms with Crippen LogP contribution in [0.5, 0.6) is 0 Å². The molecular weight excluding hydrogens is 196 g/mol. The second-order valence-electron chi connectivity index (χ2n) is 3.49. The summed E-state index contributed by atoms with van der Waals surface area (Å²) in [5.41, 5.74) is 5.99. The molecule has 4 nitrogen and oxygen atoms in total. The van der Waals surface area contributed by atoms with E-state index in [0.29, 0.717) is 17.3 Å². The van der Waals surface area contributed by atoms with Crippen molar-refractivity contribution >= 4 is 22.4 Å². The van der Waals surface area contributed by atoms with Crippen LogP contribution < -0.4 is 11.1 Å². The van der Waals surface area contributed by atoms with Gasteiger partial charge in [0, 0.05) is 6.54 Å². The number of nitrogens with one attached hydrogen (secondary N) is 1. The standard InChI is InChI=1S/C9H14N4S/c1-6(2)3-4-12-9-7(5-10)8(11)13-14-9/h6,12H,3-4H2,1-2H3,(H2,11,13). The minimum atomic E-state index is 0.324. The summed E-state index contributed by atoms with van der Waals surface area (Å²) in [4.78, 5) is 0. The molecule has 0 aliphatic rings. The molecule has 0 aromatic carbocycles. The summed E-state index contributed by atoms with van der Waals surface area (Å²) >= 11 is 1.24. The van der Waals surface area contributed by atoms with Gasteiger partial charge in [-0.25, -0.2) is 0 Å². The van der Waals surface area contributed by atoms with E-state index >= 15 is 0 Å². The van der Waals surface area contributed by atoms with Gasteiger partial charge in [-0.2, -0.15) is 9.64 Å². The van der Waals surface area contributed by atoms with Crippen LogP contribution in [0.4, 0.5) is 10.8 Å². The first-order valence-electron chi connectivity index (χ1n) is 4.54. The molecule has 1 heterocycles. The molecule has 0 amide bonds. The van der Waals surface area contributed by atoms with Crippen LogP contribution in [0.25, 0.3) is 0 Å². The van der Waals surface area contributed by atoms with E-state index in [1.165, 1.54) is 11.5 Å². The Morgan fingerprint density at radius 1 is 1.64 bits per heavy atom. The Bertz CT molecular complexity index is 337. The molecule has 76 valence electrons. The summed E-state index contributed by atoms with van der Waals surface area (Å²) in [6.07, 6.45) is 1.07. The van der Waals surface area contributed by atoms with Gasteiger partial charge in [0.15, 0.2) is 5.82 Å². The molecule has 0 unspecified atom stereocenters. The molecule has 0 spiro atoms. The predicted molar refractivity (Wildman–Crippen MR) is 59.2 cm³/mol. The van der Waals surface area contributed by atoms with Gasteiger partial charge in [-0.1, -0.05) is 13.8 Å². The van der Waals surface area contributed by atoms with Crippen molar-refractivity contribution in [2.45, 2.75) is 20.3 Å². The molecule has 0 saturated carbocycles. The summed E-state index contributed by atoms with van der Waals surface area (Å²) in [5.74, 6) is 0.975. The molecule has 0 bridgehead atoms. The van der Waals surface area contributed by atoms with E-state index in [1.54, 1.807) is 0 Å². The molecule has 1 aromatic rings. The Kier molecular flexibility index (Phi) is 3.72. The van der Waals surface area contributed by atoms with Crippen molar-refractivity contribution in [2.75, 3.05) is 17.6 Å². The number of nitrogens with zero attached hydrogens (tertiary/aromatic N) is 2. The molecular formula is C9H14N4S. The highest BCUT2D eigenvalue weighted by atomic mass is 32.1. The first kappa shape index (κ1) is 10.8. The number of anilines is 2. The average Bonchev–Trinajstić information content (AvgIpc) is 2.46. The van der Waals surface area contributed by atoms with E-state index in [0.717, 1.165) is 18.0 Å². The molecule has 5 heteroatoms. The Morgan fingerprint density at radius 3 is 2.93 bits per heavy atom. The summed E-state index contributed by atoms with van der Waals surface area (Å²) in [6.45, 7) is 5.18. The van der Waals surface area contributed by atoms with Crippen LogP contribution in [0.2, 0.25) is 0 Å². The lowest BCUT2D eigenvalue weighted by Gasteiger charge is -2.05. The predicted octanol–water partition coefficient (Wildman–Crippen LogP) is 2.05. The zero-order valence-corrected chi connectivity index (χ0v) is 9.19. The van der Waals surface area contributed by atoms with Crippen LogP contribution >= 0.6 is 11.5 Å². The zero-order chi connectivity index (χ0) is 10.6. The van der Waals surface area contributed by atoms with Crippen molar-refractivity contribution in [2.24, 2.45) is 5.92 Å². The average molecular weight is 210 g/mol. The second-order valence-corrected chi connectivity index (χ2v) is 4.27. The fraction of sp³-hybridized carbons (Fsp3) is 0.556. The maximum atomic E-state index is 8.79. The maximum absolute atomic E-state index is 8.79. The number of hydrogen-bond donors (Lipinski definition) is 2. The summed E-state index contributed by atoms with van der Waals surface area (Å²) in [6, 6.07) is 2.04. The Morgan fingerprint density at radius 2 is 2.36 bits per heavy atom. The normalized spacial score (nSPS) is 10.1. The molecule has 0 aliphatic carbocycles. The minimum absolute atomic E-state index is 0.324. The summed E-state index contributed by atoms with van der Waals surface area (Å²) in [7, 11) is 0. The highest BCUT2D eigenvalue weighted by Crippen LogP contribution is 2.25. The number of nitrogen functional groups attached to an aromatic ring is 1. The van der Waals surface area contributed by atoms with Gasteiger partial charge < -0.3 is 11.1 Å². The van der Waals surface area contributed by atoms with Crippen molar-refractivity contribution < 1.29 is 0 Å². The molecule has 1 rings (SSSR count). The molecule has 1 aromatic heterocycles. The largest absolute Gasteiger partial charge is 0.382 e. The Balaban J connectivity index is 2.55. The van der Waals surface area contributed by atoms with Gasteiger partial charge in [-0.15, -0.1) is 0 Å². The van der Waals surface area contributed by atoms with Crippen molar-refractivity contribution in [3.63, 3.8) is 0 Å². The van der Waals surface area contributed by atoms with Crippen LogP contribution in [0.3, 0.4) is 0 Å². The van der Waals surface area contributed by atoms with Gasteiger partial charge in [0.25, 0.3) is 0 Å². The topological polar surface area (TPSA) is 74.7 Å². The molecule has 14 heavy (non-hydrogen) atoms. The molecule has 0 aliphatic heterocycles. The molecule has 0 radical (unpaired) electrons. The van der Waals surface area contributed by atoms with Crippen molar-refractivity contribution in [1.29, 1.82) is 5.26 Å². The highest BCUT2D eigenvalue weighted by molar-refractivity contribution is 7.10. The number of nitrogens with two attached hydrogens (primary N) is 1. The number of rotatable bonds is 4. The van der Waals surface area contributed by atoms with E-state index in [-0.39, 0.29) is 0 Å². The smallest absolute Gasteiger partial charge is 0.157 e. The van der Waals surface area contributed by atoms with Gasteiger partial charge in [0.2, 0.25) is 0 Å². The van der Waals surface area contributed by atoms with Crippen molar-refractivity contribution in [1.82, 2.24) is 4.37 Å². The number of aromatic nitrogens is 1. The Labute approximate surface area is 87.9 Å². The van der Waals surface area contributed by atoms with E-state index in [9.17, 15) is 0 Å². The monoisotopic (exact) mass is 210 g/mol. The Hall–Kier alpha value is -1.28. The van der Waals surface area contributed by atoms with Gasteiger partial charge in [0.1, 0.15) is 16.6 Å². The van der Waals surface area contributed by atoms with E-state index < -0.39 is 0 Å². The number of hydrogen-bond acceptors (Lipinski definition) is 5.